The summed E-state index contributed by atoms with van der Waals surface area (Å²) in [5.41, 5.74) is 3.97. The molecule has 112 valence electrons. The topological polar surface area (TPSA) is 75.9 Å². The van der Waals surface area contributed by atoms with Gasteiger partial charge >= 0.3 is 0 Å². The quantitative estimate of drug-likeness (QED) is 0.562. The molecule has 2 aromatic rings. The Kier molecular flexibility index (Phi) is 4.99. The number of hydrogen-bond donors (Lipinski definition) is 3. The van der Waals surface area contributed by atoms with Crippen molar-refractivity contribution < 1.29 is 8.78 Å². The standard InChI is InChI=1S/C14H17F2N5/c1-2-12-13(19-8-20-14(12)21-17)18-4-3-9-5-10(15)7-11(16)6-9/h5-8H,2-4,17H2,1H3,(H2,18,19,20,21). The highest BCUT2D eigenvalue weighted by Gasteiger charge is 2.08. The number of benzene rings is 1. The molecule has 0 fully saturated rings. The Morgan fingerprint density at radius 1 is 1.10 bits per heavy atom. The summed E-state index contributed by atoms with van der Waals surface area (Å²) in [6.45, 7) is 2.46. The number of rotatable bonds is 6. The van der Waals surface area contributed by atoms with E-state index in [1.54, 1.807) is 0 Å². The van der Waals surface area contributed by atoms with Crippen LogP contribution in [0, 0.1) is 11.6 Å². The summed E-state index contributed by atoms with van der Waals surface area (Å²) in [4.78, 5) is 8.19. The zero-order valence-corrected chi connectivity index (χ0v) is 11.7. The molecule has 7 heteroatoms. The maximum absolute atomic E-state index is 13.1. The van der Waals surface area contributed by atoms with Crippen LogP contribution in [-0.2, 0) is 12.8 Å². The van der Waals surface area contributed by atoms with Gasteiger partial charge in [-0.25, -0.2) is 24.6 Å². The minimum absolute atomic E-state index is 0.479. The summed E-state index contributed by atoms with van der Waals surface area (Å²) in [7, 11) is 0. The van der Waals surface area contributed by atoms with Gasteiger partial charge in [-0.05, 0) is 30.5 Å². The van der Waals surface area contributed by atoms with E-state index in [1.807, 2.05) is 6.92 Å². The molecular formula is C14H17F2N5. The van der Waals surface area contributed by atoms with Gasteiger partial charge in [0.1, 0.15) is 29.6 Å². The molecule has 4 N–H and O–H groups in total. The Bertz CT molecular complexity index is 598. The fraction of sp³-hybridized carbons (Fsp3) is 0.286. The van der Waals surface area contributed by atoms with Crippen LogP contribution in [0.3, 0.4) is 0 Å². The van der Waals surface area contributed by atoms with Crippen molar-refractivity contribution in [1.82, 2.24) is 9.97 Å². The monoisotopic (exact) mass is 293 g/mol. The third-order valence-electron chi connectivity index (χ3n) is 3.06. The van der Waals surface area contributed by atoms with Crippen molar-refractivity contribution in [2.75, 3.05) is 17.3 Å². The van der Waals surface area contributed by atoms with Crippen LogP contribution >= 0.6 is 0 Å². The van der Waals surface area contributed by atoms with Crippen molar-refractivity contribution in [3.05, 3.63) is 47.3 Å². The van der Waals surface area contributed by atoms with Crippen molar-refractivity contribution in [1.29, 1.82) is 0 Å². The molecule has 0 saturated carbocycles. The first kappa shape index (κ1) is 15.1. The first-order valence-electron chi connectivity index (χ1n) is 6.63. The van der Waals surface area contributed by atoms with Crippen LogP contribution in [-0.4, -0.2) is 16.5 Å². The summed E-state index contributed by atoms with van der Waals surface area (Å²) >= 11 is 0. The van der Waals surface area contributed by atoms with Crippen molar-refractivity contribution >= 4 is 11.6 Å². The van der Waals surface area contributed by atoms with E-state index in [1.165, 1.54) is 18.5 Å². The molecule has 0 radical (unpaired) electrons. The number of halogens is 2. The number of hydrogen-bond acceptors (Lipinski definition) is 5. The molecule has 0 aliphatic carbocycles. The second-order valence-electron chi connectivity index (χ2n) is 4.50. The molecule has 0 aliphatic rings. The third-order valence-corrected chi connectivity index (χ3v) is 3.06. The maximum atomic E-state index is 13.1. The zero-order valence-electron chi connectivity index (χ0n) is 11.7. The fourth-order valence-electron chi connectivity index (χ4n) is 2.10. The lowest BCUT2D eigenvalue weighted by molar-refractivity contribution is 0.580. The largest absolute Gasteiger partial charge is 0.369 e. The molecule has 0 spiro atoms. The summed E-state index contributed by atoms with van der Waals surface area (Å²) in [5.74, 6) is 5.48. The molecule has 0 amide bonds. The van der Waals surface area contributed by atoms with E-state index in [9.17, 15) is 8.78 Å². The van der Waals surface area contributed by atoms with Gasteiger partial charge in [-0.2, -0.15) is 0 Å². The van der Waals surface area contributed by atoms with Crippen molar-refractivity contribution in [2.24, 2.45) is 5.84 Å². The lowest BCUT2D eigenvalue weighted by Crippen LogP contribution is -2.15. The van der Waals surface area contributed by atoms with E-state index in [0.29, 0.717) is 36.6 Å². The van der Waals surface area contributed by atoms with Gasteiger partial charge in [0.05, 0.1) is 0 Å². The highest BCUT2D eigenvalue weighted by Crippen LogP contribution is 2.19. The molecule has 1 heterocycles. The molecule has 0 aliphatic heterocycles. The summed E-state index contributed by atoms with van der Waals surface area (Å²) < 4.78 is 26.2. The number of nitrogen functional groups attached to an aromatic ring is 1. The van der Waals surface area contributed by atoms with Crippen LogP contribution in [0.4, 0.5) is 20.4 Å². The minimum Gasteiger partial charge on any atom is -0.369 e. The maximum Gasteiger partial charge on any atom is 0.148 e. The third kappa shape index (κ3) is 3.85. The molecule has 0 bridgehead atoms. The second kappa shape index (κ2) is 6.94. The number of hydrazine groups is 1. The SMILES string of the molecule is CCc1c(NN)ncnc1NCCc1cc(F)cc(F)c1. The van der Waals surface area contributed by atoms with Crippen LogP contribution < -0.4 is 16.6 Å². The molecule has 0 unspecified atom stereocenters. The van der Waals surface area contributed by atoms with Gasteiger partial charge in [0.15, 0.2) is 0 Å². The lowest BCUT2D eigenvalue weighted by atomic mass is 10.1. The van der Waals surface area contributed by atoms with Crippen LogP contribution in [0.1, 0.15) is 18.1 Å². The molecule has 0 saturated heterocycles. The van der Waals surface area contributed by atoms with Crippen LogP contribution in [0.5, 0.6) is 0 Å². The Morgan fingerprint density at radius 3 is 2.38 bits per heavy atom. The van der Waals surface area contributed by atoms with Gasteiger partial charge in [-0.3, -0.25) is 0 Å². The molecule has 2 rings (SSSR count). The normalized spacial score (nSPS) is 10.5. The Morgan fingerprint density at radius 2 is 1.76 bits per heavy atom. The molecular weight excluding hydrogens is 276 g/mol. The first-order valence-corrected chi connectivity index (χ1v) is 6.63. The van der Waals surface area contributed by atoms with Crippen molar-refractivity contribution in [3.63, 3.8) is 0 Å². The van der Waals surface area contributed by atoms with E-state index in [2.05, 4.69) is 20.7 Å². The first-order chi connectivity index (χ1) is 10.1. The highest BCUT2D eigenvalue weighted by molar-refractivity contribution is 5.56. The smallest absolute Gasteiger partial charge is 0.148 e. The van der Waals surface area contributed by atoms with Crippen LogP contribution in [0.2, 0.25) is 0 Å². The predicted octanol–water partition coefficient (Wildman–Crippen LogP) is 2.26. The van der Waals surface area contributed by atoms with Gasteiger partial charge in [0, 0.05) is 18.2 Å². The van der Waals surface area contributed by atoms with Crippen molar-refractivity contribution in [2.45, 2.75) is 19.8 Å². The number of nitrogens with zero attached hydrogens (tertiary/aromatic N) is 2. The summed E-state index contributed by atoms with van der Waals surface area (Å²) in [6.07, 6.45) is 2.59. The van der Waals surface area contributed by atoms with E-state index >= 15 is 0 Å². The number of anilines is 2. The summed E-state index contributed by atoms with van der Waals surface area (Å²) in [5, 5.41) is 3.13. The lowest BCUT2D eigenvalue weighted by Gasteiger charge is -2.12. The van der Waals surface area contributed by atoms with Gasteiger partial charge in [0.25, 0.3) is 0 Å². The molecule has 21 heavy (non-hydrogen) atoms. The highest BCUT2D eigenvalue weighted by atomic mass is 19.1. The van der Waals surface area contributed by atoms with Gasteiger partial charge in [-0.1, -0.05) is 6.92 Å². The Hall–Kier alpha value is -2.28. The number of nitrogens with one attached hydrogen (secondary N) is 2. The van der Waals surface area contributed by atoms with Crippen LogP contribution in [0.15, 0.2) is 24.5 Å². The van der Waals surface area contributed by atoms with Crippen LogP contribution in [0.25, 0.3) is 0 Å². The second-order valence-corrected chi connectivity index (χ2v) is 4.50. The number of nitrogens with two attached hydrogens (primary N) is 1. The van der Waals surface area contributed by atoms with E-state index in [4.69, 9.17) is 5.84 Å². The van der Waals surface area contributed by atoms with E-state index in [-0.39, 0.29) is 0 Å². The molecule has 5 nitrogen and oxygen atoms in total. The predicted molar refractivity (Wildman–Crippen MR) is 77.8 cm³/mol. The minimum atomic E-state index is -0.573. The molecule has 0 atom stereocenters. The van der Waals surface area contributed by atoms with E-state index < -0.39 is 11.6 Å². The Labute approximate surface area is 121 Å². The van der Waals surface area contributed by atoms with Gasteiger partial charge < -0.3 is 10.7 Å². The summed E-state index contributed by atoms with van der Waals surface area (Å²) in [6, 6.07) is 3.49. The van der Waals surface area contributed by atoms with E-state index in [0.717, 1.165) is 11.6 Å². The molecule has 1 aromatic carbocycles. The van der Waals surface area contributed by atoms with Gasteiger partial charge in [0.2, 0.25) is 0 Å². The average Bonchev–Trinajstić information content (AvgIpc) is 2.45. The fourth-order valence-corrected chi connectivity index (χ4v) is 2.10. The average molecular weight is 293 g/mol. The zero-order chi connectivity index (χ0) is 15.2. The molecule has 1 aromatic heterocycles. The Balaban J connectivity index is 2.03. The van der Waals surface area contributed by atoms with Gasteiger partial charge in [-0.15, -0.1) is 0 Å². The van der Waals surface area contributed by atoms with Crippen molar-refractivity contribution in [3.8, 4) is 0 Å². The number of aromatic nitrogens is 2.